The maximum atomic E-state index is 13.2. The van der Waals surface area contributed by atoms with Crippen LogP contribution in [0.2, 0.25) is 5.02 Å². The number of hydrogen-bond donors (Lipinski definition) is 0. The summed E-state index contributed by atoms with van der Waals surface area (Å²) in [7, 11) is 3.85. The van der Waals surface area contributed by atoms with Crippen LogP contribution in [0.1, 0.15) is 33.2 Å². The van der Waals surface area contributed by atoms with E-state index in [1.165, 1.54) is 0 Å². The van der Waals surface area contributed by atoms with Crippen molar-refractivity contribution in [2.45, 2.75) is 19.0 Å². The molecule has 6 nitrogen and oxygen atoms in total. The number of hydrogen-bond acceptors (Lipinski definition) is 3. The summed E-state index contributed by atoms with van der Waals surface area (Å²) in [5, 5.41) is 4.87. The lowest BCUT2D eigenvalue weighted by atomic mass is 10.0. The normalized spacial score (nSPS) is 16.0. The van der Waals surface area contributed by atoms with Gasteiger partial charge >= 0.3 is 0 Å². The number of carbonyl (C=O) groups excluding carboxylic acids is 1. The van der Waals surface area contributed by atoms with E-state index < -0.39 is 0 Å². The Kier molecular flexibility index (Phi) is 4.17. The first-order chi connectivity index (χ1) is 14.0. The van der Waals surface area contributed by atoms with Crippen LogP contribution in [-0.4, -0.2) is 30.1 Å². The molecule has 0 N–H and O–H groups in total. The summed E-state index contributed by atoms with van der Waals surface area (Å²) in [5.74, 6) is 0.0463. The lowest BCUT2D eigenvalue weighted by Crippen LogP contribution is -2.29. The molecule has 5 rings (SSSR count). The topological polar surface area (TPSA) is 56.0 Å². The quantitative estimate of drug-likeness (QED) is 0.517. The fraction of sp³-hybridized carbons (Fsp3) is 0.227. The van der Waals surface area contributed by atoms with Crippen LogP contribution in [0, 0.1) is 0 Å². The van der Waals surface area contributed by atoms with Gasteiger partial charge in [0.25, 0.3) is 5.91 Å². The van der Waals surface area contributed by atoms with E-state index in [0.717, 1.165) is 33.4 Å². The Balaban J connectivity index is 1.53. The molecule has 1 atom stereocenters. The molecule has 0 spiro atoms. The summed E-state index contributed by atoms with van der Waals surface area (Å²) in [6.45, 7) is 0.514. The standard InChI is InChI=1S/C22H20ClN5O/c1-26-13-24-18-9-14(7-8-19(18)26)12-28-20(10-21-17(23)11-25-27(21)2)15-5-3-4-6-16(15)22(28)29/h3-9,11,13,20H,10,12H2,1-2H3. The Bertz CT molecular complexity index is 1220. The SMILES string of the molecule is Cn1ncc(Cl)c1CC1c2ccccc2C(=O)N1Cc1ccc2c(c1)ncn2C. The molecule has 7 heteroatoms. The minimum Gasteiger partial charge on any atom is -0.334 e. The van der Waals surface area contributed by atoms with Gasteiger partial charge in [-0.2, -0.15) is 5.10 Å². The van der Waals surface area contributed by atoms with Gasteiger partial charge in [-0.25, -0.2) is 4.98 Å². The van der Waals surface area contributed by atoms with Crippen LogP contribution in [0.4, 0.5) is 0 Å². The molecule has 0 radical (unpaired) electrons. The van der Waals surface area contributed by atoms with Crippen molar-refractivity contribution in [1.29, 1.82) is 0 Å². The number of aromatic nitrogens is 4. The fourth-order valence-electron chi connectivity index (χ4n) is 4.17. The number of carbonyl (C=O) groups is 1. The molecule has 2 aromatic carbocycles. The van der Waals surface area contributed by atoms with E-state index in [4.69, 9.17) is 11.6 Å². The minimum absolute atomic E-state index is 0.0463. The number of fused-ring (bicyclic) bond motifs is 2. The zero-order chi connectivity index (χ0) is 20.1. The Morgan fingerprint density at radius 2 is 1.97 bits per heavy atom. The largest absolute Gasteiger partial charge is 0.334 e. The van der Waals surface area contributed by atoms with Crippen molar-refractivity contribution in [3.8, 4) is 0 Å². The lowest BCUT2D eigenvalue weighted by Gasteiger charge is -2.26. The van der Waals surface area contributed by atoms with E-state index in [1.54, 1.807) is 17.2 Å². The summed E-state index contributed by atoms with van der Waals surface area (Å²) in [6.07, 6.45) is 4.07. The van der Waals surface area contributed by atoms with Crippen molar-refractivity contribution in [3.63, 3.8) is 0 Å². The van der Waals surface area contributed by atoms with Gasteiger partial charge in [0, 0.05) is 32.6 Å². The van der Waals surface area contributed by atoms with E-state index >= 15 is 0 Å². The van der Waals surface area contributed by atoms with Gasteiger partial charge in [-0.05, 0) is 29.3 Å². The van der Waals surface area contributed by atoms with Crippen molar-refractivity contribution >= 4 is 28.5 Å². The number of nitrogens with zero attached hydrogens (tertiary/aromatic N) is 5. The molecule has 146 valence electrons. The maximum Gasteiger partial charge on any atom is 0.255 e. The van der Waals surface area contributed by atoms with Crippen molar-refractivity contribution in [1.82, 2.24) is 24.2 Å². The van der Waals surface area contributed by atoms with Gasteiger partial charge in [0.2, 0.25) is 0 Å². The van der Waals surface area contributed by atoms with E-state index in [2.05, 4.69) is 28.3 Å². The van der Waals surface area contributed by atoms with E-state index in [0.29, 0.717) is 18.0 Å². The molecule has 29 heavy (non-hydrogen) atoms. The number of halogens is 1. The van der Waals surface area contributed by atoms with Crippen LogP contribution in [-0.2, 0) is 27.1 Å². The summed E-state index contributed by atoms with van der Waals surface area (Å²) < 4.78 is 3.77. The van der Waals surface area contributed by atoms with Crippen LogP contribution in [0.3, 0.4) is 0 Å². The number of benzene rings is 2. The Morgan fingerprint density at radius 3 is 2.76 bits per heavy atom. The molecule has 3 heterocycles. The van der Waals surface area contributed by atoms with Gasteiger partial charge in [-0.15, -0.1) is 0 Å². The van der Waals surface area contributed by atoms with Gasteiger partial charge in [-0.1, -0.05) is 35.9 Å². The second kappa shape index (κ2) is 6.74. The third-order valence-electron chi connectivity index (χ3n) is 5.73. The molecular weight excluding hydrogens is 386 g/mol. The number of rotatable bonds is 4. The van der Waals surface area contributed by atoms with E-state index in [-0.39, 0.29) is 11.9 Å². The fourth-order valence-corrected chi connectivity index (χ4v) is 4.42. The predicted molar refractivity (Wildman–Crippen MR) is 112 cm³/mol. The van der Waals surface area contributed by atoms with E-state index in [9.17, 15) is 4.79 Å². The highest BCUT2D eigenvalue weighted by Crippen LogP contribution is 2.38. The Labute approximate surface area is 173 Å². The van der Waals surface area contributed by atoms with Crippen LogP contribution in [0.5, 0.6) is 0 Å². The number of imidazole rings is 1. The van der Waals surface area contributed by atoms with Crippen LogP contribution < -0.4 is 0 Å². The van der Waals surface area contributed by atoms with Crippen molar-refractivity contribution in [3.05, 3.63) is 82.4 Å². The molecule has 4 aromatic rings. The first-order valence-electron chi connectivity index (χ1n) is 9.49. The monoisotopic (exact) mass is 405 g/mol. The summed E-state index contributed by atoms with van der Waals surface area (Å²) in [4.78, 5) is 19.6. The summed E-state index contributed by atoms with van der Waals surface area (Å²) >= 11 is 6.37. The highest BCUT2D eigenvalue weighted by atomic mass is 35.5. The van der Waals surface area contributed by atoms with Crippen LogP contribution >= 0.6 is 11.6 Å². The Hall–Kier alpha value is -3.12. The van der Waals surface area contributed by atoms with Gasteiger partial charge < -0.3 is 9.47 Å². The molecule has 0 saturated heterocycles. The first kappa shape index (κ1) is 17.9. The molecule has 1 aliphatic heterocycles. The van der Waals surface area contributed by atoms with Crippen molar-refractivity contribution in [2.75, 3.05) is 0 Å². The van der Waals surface area contributed by atoms with Gasteiger partial charge in [0.1, 0.15) is 0 Å². The van der Waals surface area contributed by atoms with E-state index in [1.807, 2.05) is 47.8 Å². The zero-order valence-corrected chi connectivity index (χ0v) is 17.0. The van der Waals surface area contributed by atoms with Gasteiger partial charge in [0.05, 0.1) is 40.3 Å². The molecular formula is C22H20ClN5O. The first-order valence-corrected chi connectivity index (χ1v) is 9.87. The molecule has 0 saturated carbocycles. The average molecular weight is 406 g/mol. The van der Waals surface area contributed by atoms with Gasteiger partial charge in [0.15, 0.2) is 0 Å². The smallest absolute Gasteiger partial charge is 0.255 e. The predicted octanol–water partition coefficient (Wildman–Crippen LogP) is 3.90. The van der Waals surface area contributed by atoms with Crippen LogP contribution in [0.15, 0.2) is 55.0 Å². The molecule has 0 aliphatic carbocycles. The zero-order valence-electron chi connectivity index (χ0n) is 16.2. The molecule has 0 fully saturated rings. The summed E-state index contributed by atoms with van der Waals surface area (Å²) in [5.41, 5.74) is 5.77. The highest BCUT2D eigenvalue weighted by molar-refractivity contribution is 6.31. The minimum atomic E-state index is -0.0916. The lowest BCUT2D eigenvalue weighted by molar-refractivity contribution is 0.0708. The summed E-state index contributed by atoms with van der Waals surface area (Å²) in [6, 6.07) is 13.9. The third-order valence-corrected chi connectivity index (χ3v) is 6.04. The molecule has 1 amide bonds. The molecule has 0 bridgehead atoms. The molecule has 2 aromatic heterocycles. The van der Waals surface area contributed by atoms with Crippen molar-refractivity contribution in [2.24, 2.45) is 14.1 Å². The third kappa shape index (κ3) is 2.91. The number of amides is 1. The van der Waals surface area contributed by atoms with Crippen LogP contribution in [0.25, 0.3) is 11.0 Å². The van der Waals surface area contributed by atoms with Gasteiger partial charge in [-0.3, -0.25) is 9.48 Å². The van der Waals surface area contributed by atoms with Crippen molar-refractivity contribution < 1.29 is 4.79 Å². The maximum absolute atomic E-state index is 13.2. The second-order valence-electron chi connectivity index (χ2n) is 7.48. The highest BCUT2D eigenvalue weighted by Gasteiger charge is 2.37. The second-order valence-corrected chi connectivity index (χ2v) is 7.89. The molecule has 1 unspecified atom stereocenters. The average Bonchev–Trinajstić information content (AvgIpc) is 3.34. The number of aryl methyl sites for hydroxylation is 2. The Morgan fingerprint density at radius 1 is 1.14 bits per heavy atom. The molecule has 1 aliphatic rings.